The second kappa shape index (κ2) is 30.2. The molecular weight excluding hydrogens is 1310 g/mol. The molecule has 1 unspecified atom stereocenters. The Hall–Kier alpha value is -9.02. The Morgan fingerprint density at radius 2 is 0.769 bits per heavy atom. The van der Waals surface area contributed by atoms with Gasteiger partial charge >= 0.3 is 24.2 Å². The minimum atomic E-state index is -4.96. The summed E-state index contributed by atoms with van der Waals surface area (Å²) in [4.78, 5) is 44.6. The van der Waals surface area contributed by atoms with Crippen molar-refractivity contribution in [1.82, 2.24) is 29.9 Å². The van der Waals surface area contributed by atoms with Gasteiger partial charge in [0.15, 0.2) is 0 Å². The Labute approximate surface area is 556 Å². The van der Waals surface area contributed by atoms with Gasteiger partial charge in [0.05, 0.1) is 66.7 Å². The monoisotopic (exact) mass is 1350 g/mol. The van der Waals surface area contributed by atoms with Gasteiger partial charge in [-0.1, -0.05) is 0 Å². The fourth-order valence-electron chi connectivity index (χ4n) is 7.12. The van der Waals surface area contributed by atoms with Crippen molar-refractivity contribution >= 4 is 204 Å². The molecule has 2 radical (unpaired) electrons. The summed E-state index contributed by atoms with van der Waals surface area (Å²) >= 11 is 0. The molecule has 91 heavy (non-hydrogen) atoms. The molecule has 0 saturated carbocycles. The van der Waals surface area contributed by atoms with Crippen LogP contribution in [0.15, 0.2) is 182 Å². The smallest absolute Gasteiger partial charge is 0.316 e. The maximum Gasteiger partial charge on any atom is 0.316 e. The number of halogens is 2. The number of amides is 4. The Morgan fingerprint density at radius 3 is 1.15 bits per heavy atom. The van der Waals surface area contributed by atoms with Gasteiger partial charge in [-0.2, -0.15) is 103 Å². The molecular formula is C47H40F2N22Na2O14S4. The molecule has 462 valence electrons. The van der Waals surface area contributed by atoms with E-state index in [9.17, 15) is 70.3 Å². The largest absolute Gasteiger partial charge is 0.352 e. The number of primary amides is 2. The number of carbonyl (C=O) groups excluding carboxylic acids is 2. The number of urea groups is 2. The maximum atomic E-state index is 14.9. The van der Waals surface area contributed by atoms with E-state index in [0.717, 1.165) is 48.5 Å². The Bertz CT molecular complexity index is 4690. The third-order valence-electron chi connectivity index (χ3n) is 11.0. The zero-order chi connectivity index (χ0) is 64.4. The molecule has 2 heterocycles. The Kier molecular flexibility index (Phi) is 23.6. The van der Waals surface area contributed by atoms with Gasteiger partial charge in [0.1, 0.15) is 21.2 Å². The molecule has 8 rings (SSSR count). The van der Waals surface area contributed by atoms with Crippen LogP contribution in [0.5, 0.6) is 0 Å². The molecule has 0 saturated heterocycles. The van der Waals surface area contributed by atoms with Crippen molar-refractivity contribution in [1.29, 1.82) is 0 Å². The summed E-state index contributed by atoms with van der Waals surface area (Å²) in [7, 11) is -18.9. The first-order valence-electron chi connectivity index (χ1n) is 24.2. The Balaban J connectivity index is 0.00000658. The van der Waals surface area contributed by atoms with Crippen LogP contribution >= 0.6 is 0 Å². The SMILES string of the molecule is CC(CNc1nc(F)nc(Nc2ccc(N=Nc3ccc(N=Nc4ccc(S(=O)(=O)O)cc4)cc3S(=O)(=O)O)cc2NC(N)=O)n1)Nc1nc(F)nc(Nc2ccc(N=Nc3ccc(N=Nc4ccc(S(=O)(=O)O)cc4)cc3S(=O)(=O)O)cc2NC(N)=O)n1.[Na].[Na]. The van der Waals surface area contributed by atoms with E-state index in [4.69, 9.17) is 11.5 Å². The number of azo groups is 4. The number of benzene rings is 6. The average molecular weight is 1350 g/mol. The minimum absolute atomic E-state index is 0. The van der Waals surface area contributed by atoms with Gasteiger partial charge < -0.3 is 43.4 Å². The predicted octanol–water partition coefficient (Wildman–Crippen LogP) is 8.60. The number of rotatable bonds is 23. The molecule has 14 N–H and O–H groups in total. The third-order valence-corrected chi connectivity index (χ3v) is 14.5. The van der Waals surface area contributed by atoms with Gasteiger partial charge in [-0.15, -0.1) is 10.2 Å². The molecule has 36 nitrogen and oxygen atoms in total. The molecule has 0 bridgehead atoms. The van der Waals surface area contributed by atoms with Crippen LogP contribution in [0.2, 0.25) is 0 Å². The van der Waals surface area contributed by atoms with Crippen molar-refractivity contribution in [3.8, 4) is 0 Å². The van der Waals surface area contributed by atoms with E-state index >= 15 is 0 Å². The summed E-state index contributed by atoms with van der Waals surface area (Å²) in [6, 6.07) is 20.6. The number of aromatic nitrogens is 6. The van der Waals surface area contributed by atoms with Crippen molar-refractivity contribution in [2.45, 2.75) is 32.5 Å². The number of nitrogens with zero attached hydrogens (tertiary/aromatic N) is 14. The van der Waals surface area contributed by atoms with Crippen LogP contribution in [-0.4, -0.2) is 166 Å². The topological polar surface area (TPSA) is 552 Å². The van der Waals surface area contributed by atoms with Crippen LogP contribution < -0.4 is 43.4 Å². The van der Waals surface area contributed by atoms with Crippen LogP contribution in [0.1, 0.15) is 6.92 Å². The van der Waals surface area contributed by atoms with Gasteiger partial charge in [0.25, 0.3) is 40.5 Å². The molecule has 0 spiro atoms. The molecule has 1 atom stereocenters. The molecule has 6 aromatic carbocycles. The molecule has 0 aliphatic carbocycles. The zero-order valence-electron chi connectivity index (χ0n) is 46.5. The maximum absolute atomic E-state index is 14.9. The summed E-state index contributed by atoms with van der Waals surface area (Å²) in [5.74, 6) is -1.47. The number of nitrogens with one attached hydrogen (secondary N) is 6. The molecule has 44 heteroatoms. The number of carbonyl (C=O) groups is 2. The number of hydrogen-bond donors (Lipinski definition) is 12. The molecule has 4 amide bonds. The summed E-state index contributed by atoms with van der Waals surface area (Å²) in [5.41, 5.74) is 9.93. The number of hydrogen-bond acceptors (Lipinski definition) is 28. The van der Waals surface area contributed by atoms with Crippen LogP contribution in [0.4, 0.5) is 110 Å². The summed E-state index contributed by atoms with van der Waals surface area (Å²) in [5, 5.41) is 47.0. The van der Waals surface area contributed by atoms with Crippen molar-refractivity contribution < 1.29 is 70.3 Å². The predicted molar refractivity (Wildman–Crippen MR) is 320 cm³/mol. The molecule has 0 fully saturated rings. The second-order valence-corrected chi connectivity index (χ2v) is 23.2. The third kappa shape index (κ3) is 20.8. The quantitative estimate of drug-likeness (QED) is 0.0162. The van der Waals surface area contributed by atoms with Crippen molar-refractivity contribution in [3.05, 3.63) is 133 Å². The van der Waals surface area contributed by atoms with E-state index in [-0.39, 0.29) is 146 Å². The standard InChI is InChI=1S/C47H40F2N22O14S4.2Na/c1-23(53-45-59-41(49)61-47(63-45)57-33-15-7-27(19-37(33)55-43(51)73)69-71-35-17-9-29(21-39(35)89(83,84)85)67-65-25-4-12-31(13-5-25)87(77,78)79)22-52-44-58-40(48)60-46(62-44)56-32-14-6-26(18-36(32)54-42(50)72)68-70-34-16-8-28(20-38(34)88(80,81)82)66-64-24-2-10-30(11-3-24)86(74,75)76;;/h2-21,23H,22H2,1H3,(H3,50,54,72)(H3,51,55,73)(H,74,75,76)(H,77,78,79)(H,80,81,82)(H,83,84,85)(H2,52,56,58,60,62)(H2,53,57,59,61,63);;. The molecule has 0 aliphatic rings. The first-order chi connectivity index (χ1) is 41.9. The molecule has 8 aromatic rings. The van der Waals surface area contributed by atoms with Crippen LogP contribution in [0.3, 0.4) is 0 Å². The zero-order valence-corrected chi connectivity index (χ0v) is 53.8. The normalized spacial score (nSPS) is 12.3. The van der Waals surface area contributed by atoms with E-state index in [1.54, 1.807) is 6.92 Å². The van der Waals surface area contributed by atoms with Gasteiger partial charge in [0.2, 0.25) is 23.8 Å². The van der Waals surface area contributed by atoms with Gasteiger partial charge in [-0.25, -0.2) is 9.59 Å². The van der Waals surface area contributed by atoms with Crippen molar-refractivity contribution in [2.75, 3.05) is 38.4 Å². The van der Waals surface area contributed by atoms with Crippen LogP contribution in [0, 0.1) is 12.2 Å². The van der Waals surface area contributed by atoms with E-state index in [0.29, 0.717) is 0 Å². The van der Waals surface area contributed by atoms with Crippen molar-refractivity contribution in [2.24, 2.45) is 52.4 Å². The average Bonchev–Trinajstić information content (AvgIpc) is 1.87. The first-order valence-corrected chi connectivity index (χ1v) is 30.0. The minimum Gasteiger partial charge on any atom is -0.352 e. The van der Waals surface area contributed by atoms with Crippen molar-refractivity contribution in [3.63, 3.8) is 0 Å². The van der Waals surface area contributed by atoms with Crippen LogP contribution in [-0.2, 0) is 40.5 Å². The van der Waals surface area contributed by atoms with E-state index < -0.39 is 102 Å². The second-order valence-electron chi connectivity index (χ2n) is 17.6. The fraction of sp³-hybridized carbons (Fsp3) is 0.0638. The molecule has 0 aliphatic heterocycles. The van der Waals surface area contributed by atoms with E-state index in [2.05, 4.69) is 103 Å². The van der Waals surface area contributed by atoms with E-state index in [1.165, 1.54) is 72.8 Å². The molecule has 2 aromatic heterocycles. The van der Waals surface area contributed by atoms with Gasteiger partial charge in [0, 0.05) is 71.7 Å². The summed E-state index contributed by atoms with van der Waals surface area (Å²) in [6.45, 7) is 1.46. The van der Waals surface area contributed by atoms with Crippen LogP contribution in [0.25, 0.3) is 0 Å². The first kappa shape index (κ1) is 71.1. The van der Waals surface area contributed by atoms with E-state index in [1.807, 2.05) is 0 Å². The number of nitrogens with two attached hydrogens (primary N) is 2. The number of anilines is 8. The summed E-state index contributed by atoms with van der Waals surface area (Å²) in [6.07, 6.45) is -2.55. The fourth-order valence-corrected chi connectivity index (χ4v) is 9.37. The van der Waals surface area contributed by atoms with Gasteiger partial charge in [-0.05, 0) is 128 Å². The summed E-state index contributed by atoms with van der Waals surface area (Å²) < 4.78 is 163. The Morgan fingerprint density at radius 1 is 0.440 bits per heavy atom. The van der Waals surface area contributed by atoms with Gasteiger partial charge in [-0.3, -0.25) is 18.2 Å².